The van der Waals surface area contributed by atoms with Crippen LogP contribution >= 0.6 is 0 Å². The minimum Gasteiger partial charge on any atom is -0.464 e. The van der Waals surface area contributed by atoms with Crippen LogP contribution < -0.4 is 0 Å². The second kappa shape index (κ2) is 4.37. The van der Waals surface area contributed by atoms with Crippen molar-refractivity contribution in [1.29, 1.82) is 0 Å². The van der Waals surface area contributed by atoms with E-state index in [1.54, 1.807) is 0 Å². The van der Waals surface area contributed by atoms with Crippen molar-refractivity contribution in [3.8, 4) is 0 Å². The molecule has 3 aliphatic carbocycles. The topological polar surface area (TPSA) is 33.5 Å². The Kier molecular flexibility index (Phi) is 2.73. The summed E-state index contributed by atoms with van der Waals surface area (Å²) in [6.45, 7) is 5.11. The molecule has 3 aliphatic rings. The van der Waals surface area contributed by atoms with E-state index in [2.05, 4.69) is 30.9 Å². The monoisotopic (exact) mass is 273 g/mol. The maximum Gasteiger partial charge on any atom is 0.226 e. The highest BCUT2D eigenvalue weighted by atomic mass is 16.3. The number of hydrogen-bond donors (Lipinski definition) is 0. The van der Waals surface area contributed by atoms with Crippen LogP contribution in [0.4, 0.5) is 0 Å². The molecule has 0 aromatic carbocycles. The average molecular weight is 273 g/mol. The molecule has 0 N–H and O–H groups in total. The summed E-state index contributed by atoms with van der Waals surface area (Å²) in [4.78, 5) is 14.6. The molecule has 3 nitrogen and oxygen atoms in total. The zero-order valence-corrected chi connectivity index (χ0v) is 12.3. The standard InChI is InChI=1S/C17H23NO2/c1-10-7-14(10)16-6-5-13(20-16)9-18(12-3-4-12)17(19)15-8-11(15)2/h5-6,10-12,14-15H,3-4,7-9H2,1-2H3/t10-,11-,14-,15+/m1/s1. The third kappa shape index (κ3) is 2.27. The summed E-state index contributed by atoms with van der Waals surface area (Å²) >= 11 is 0. The van der Waals surface area contributed by atoms with Crippen LogP contribution in [-0.2, 0) is 11.3 Å². The molecule has 1 aromatic rings. The predicted octanol–water partition coefficient (Wildman–Crippen LogP) is 3.55. The quantitative estimate of drug-likeness (QED) is 0.822. The molecular weight excluding hydrogens is 250 g/mol. The third-order valence-electron chi connectivity index (χ3n) is 5.18. The van der Waals surface area contributed by atoms with Gasteiger partial charge in [0.15, 0.2) is 0 Å². The molecule has 0 aliphatic heterocycles. The molecule has 0 bridgehead atoms. The number of rotatable bonds is 5. The van der Waals surface area contributed by atoms with Crippen molar-refractivity contribution in [2.75, 3.05) is 0 Å². The molecule has 3 heteroatoms. The van der Waals surface area contributed by atoms with Crippen LogP contribution in [0.25, 0.3) is 0 Å². The van der Waals surface area contributed by atoms with E-state index in [1.807, 2.05) is 0 Å². The van der Waals surface area contributed by atoms with Gasteiger partial charge in [-0.15, -0.1) is 0 Å². The van der Waals surface area contributed by atoms with Gasteiger partial charge in [-0.25, -0.2) is 0 Å². The second-order valence-electron chi connectivity index (χ2n) is 7.14. The molecule has 0 saturated heterocycles. The van der Waals surface area contributed by atoms with Gasteiger partial charge >= 0.3 is 0 Å². The summed E-state index contributed by atoms with van der Waals surface area (Å²) in [5.74, 6) is 4.71. The maximum atomic E-state index is 12.5. The van der Waals surface area contributed by atoms with E-state index in [0.29, 0.717) is 30.3 Å². The lowest BCUT2D eigenvalue weighted by Crippen LogP contribution is -2.34. The van der Waals surface area contributed by atoms with E-state index in [-0.39, 0.29) is 5.92 Å². The summed E-state index contributed by atoms with van der Waals surface area (Å²) in [7, 11) is 0. The summed E-state index contributed by atoms with van der Waals surface area (Å²) in [5.41, 5.74) is 0. The van der Waals surface area contributed by atoms with E-state index in [0.717, 1.165) is 23.9 Å². The first kappa shape index (κ1) is 12.5. The zero-order valence-electron chi connectivity index (χ0n) is 12.3. The number of furan rings is 1. The average Bonchev–Trinajstić information content (AvgIpc) is 3.33. The number of amides is 1. The number of carbonyl (C=O) groups is 1. The molecule has 0 radical (unpaired) electrons. The molecule has 3 saturated carbocycles. The molecule has 4 rings (SSSR count). The van der Waals surface area contributed by atoms with Crippen molar-refractivity contribution >= 4 is 5.91 Å². The molecule has 1 amide bonds. The molecular formula is C17H23NO2. The Labute approximate surface area is 120 Å². The van der Waals surface area contributed by atoms with Crippen LogP contribution in [0.3, 0.4) is 0 Å². The van der Waals surface area contributed by atoms with Crippen molar-refractivity contribution in [2.45, 2.75) is 58.0 Å². The summed E-state index contributed by atoms with van der Waals surface area (Å²) in [5, 5.41) is 0. The Bertz CT molecular complexity index is 531. The Morgan fingerprint density at radius 3 is 2.50 bits per heavy atom. The molecule has 1 heterocycles. The SMILES string of the molecule is C[C@@H]1C[C@@H]1C(=O)N(Cc1ccc([C@@H]2C[C@H]2C)o1)C1CC1. The van der Waals surface area contributed by atoms with Gasteiger partial charge in [-0.3, -0.25) is 4.79 Å². The van der Waals surface area contributed by atoms with Crippen LogP contribution in [0.1, 0.15) is 57.0 Å². The van der Waals surface area contributed by atoms with Crippen LogP contribution in [0, 0.1) is 17.8 Å². The van der Waals surface area contributed by atoms with Crippen molar-refractivity contribution in [3.05, 3.63) is 23.7 Å². The minimum absolute atomic E-state index is 0.286. The van der Waals surface area contributed by atoms with Gasteiger partial charge in [0.05, 0.1) is 6.54 Å². The lowest BCUT2D eigenvalue weighted by atomic mass is 10.2. The van der Waals surface area contributed by atoms with Crippen molar-refractivity contribution in [3.63, 3.8) is 0 Å². The lowest BCUT2D eigenvalue weighted by Gasteiger charge is -2.21. The van der Waals surface area contributed by atoms with E-state index < -0.39 is 0 Å². The Hall–Kier alpha value is -1.25. The second-order valence-corrected chi connectivity index (χ2v) is 7.14. The smallest absolute Gasteiger partial charge is 0.226 e. The van der Waals surface area contributed by atoms with Gasteiger partial charge in [0.2, 0.25) is 5.91 Å². The zero-order chi connectivity index (χ0) is 13.9. The molecule has 3 fully saturated rings. The molecule has 0 unspecified atom stereocenters. The van der Waals surface area contributed by atoms with E-state index in [9.17, 15) is 4.79 Å². The van der Waals surface area contributed by atoms with Crippen LogP contribution in [-0.4, -0.2) is 16.8 Å². The number of carbonyl (C=O) groups excluding carboxylic acids is 1. The normalized spacial score (nSPS) is 34.9. The van der Waals surface area contributed by atoms with Gasteiger partial charge in [-0.2, -0.15) is 0 Å². The lowest BCUT2D eigenvalue weighted by molar-refractivity contribution is -0.134. The fourth-order valence-electron chi connectivity index (χ4n) is 3.22. The van der Waals surface area contributed by atoms with Gasteiger partial charge in [0.25, 0.3) is 0 Å². The van der Waals surface area contributed by atoms with E-state index >= 15 is 0 Å². The third-order valence-corrected chi connectivity index (χ3v) is 5.18. The van der Waals surface area contributed by atoms with Gasteiger partial charge < -0.3 is 9.32 Å². The Morgan fingerprint density at radius 2 is 1.95 bits per heavy atom. The predicted molar refractivity (Wildman–Crippen MR) is 76.1 cm³/mol. The number of nitrogens with zero attached hydrogens (tertiary/aromatic N) is 1. The van der Waals surface area contributed by atoms with Gasteiger partial charge in [0.1, 0.15) is 11.5 Å². The highest BCUT2D eigenvalue weighted by molar-refractivity contribution is 5.82. The number of hydrogen-bond acceptors (Lipinski definition) is 2. The summed E-state index contributed by atoms with van der Waals surface area (Å²) < 4.78 is 5.97. The van der Waals surface area contributed by atoms with Gasteiger partial charge in [-0.1, -0.05) is 13.8 Å². The van der Waals surface area contributed by atoms with Gasteiger partial charge in [-0.05, 0) is 49.7 Å². The maximum absolute atomic E-state index is 12.5. The highest BCUT2D eigenvalue weighted by Crippen LogP contribution is 2.47. The van der Waals surface area contributed by atoms with Crippen LogP contribution in [0.2, 0.25) is 0 Å². The van der Waals surface area contributed by atoms with Crippen LogP contribution in [0.15, 0.2) is 16.5 Å². The largest absolute Gasteiger partial charge is 0.464 e. The Morgan fingerprint density at radius 1 is 1.25 bits per heavy atom. The summed E-state index contributed by atoms with van der Waals surface area (Å²) in [6.07, 6.45) is 4.66. The fraction of sp³-hybridized carbons (Fsp3) is 0.706. The van der Waals surface area contributed by atoms with Gasteiger partial charge in [0, 0.05) is 17.9 Å². The fourth-order valence-corrected chi connectivity index (χ4v) is 3.22. The highest BCUT2D eigenvalue weighted by Gasteiger charge is 2.45. The van der Waals surface area contributed by atoms with E-state index in [1.165, 1.54) is 19.3 Å². The molecule has 20 heavy (non-hydrogen) atoms. The van der Waals surface area contributed by atoms with E-state index in [4.69, 9.17) is 4.42 Å². The first-order valence-corrected chi connectivity index (χ1v) is 8.02. The first-order valence-electron chi connectivity index (χ1n) is 8.02. The van der Waals surface area contributed by atoms with Crippen molar-refractivity contribution < 1.29 is 9.21 Å². The summed E-state index contributed by atoms with van der Waals surface area (Å²) in [6, 6.07) is 4.65. The molecule has 4 atom stereocenters. The molecule has 108 valence electrons. The van der Waals surface area contributed by atoms with Crippen molar-refractivity contribution in [2.24, 2.45) is 17.8 Å². The van der Waals surface area contributed by atoms with Crippen LogP contribution in [0.5, 0.6) is 0 Å². The minimum atomic E-state index is 0.286. The first-order chi connectivity index (χ1) is 9.63. The molecule has 0 spiro atoms. The van der Waals surface area contributed by atoms with Crippen molar-refractivity contribution in [1.82, 2.24) is 4.90 Å². The molecule has 1 aromatic heterocycles. The Balaban J connectivity index is 1.45.